The monoisotopic (exact) mass is 716 g/mol. The highest BCUT2D eigenvalue weighted by atomic mass is 16.5. The number of hydrazine groups is 2. The molecule has 3 heterocycles. The van der Waals surface area contributed by atoms with Gasteiger partial charge in [-0.1, -0.05) is 50.6 Å². The number of nitrogens with zero attached hydrogens (tertiary/aromatic N) is 5. The number of hydroxylamine groups is 2. The Kier molecular flexibility index (Phi) is 12.8. The number of hydrogen-bond acceptors (Lipinski definition) is 11. The first-order valence-corrected chi connectivity index (χ1v) is 17.4. The van der Waals surface area contributed by atoms with Crippen molar-refractivity contribution in [3.05, 3.63) is 35.9 Å². The minimum absolute atomic E-state index is 0.0607. The lowest BCUT2D eigenvalue weighted by atomic mass is 9.93. The summed E-state index contributed by atoms with van der Waals surface area (Å²) in [7, 11) is 2.63. The Morgan fingerprint density at radius 2 is 1.55 bits per heavy atom. The molecular weight excluding hydrogens is 664 g/mol. The summed E-state index contributed by atoms with van der Waals surface area (Å²) in [6.45, 7) is 5.73. The van der Waals surface area contributed by atoms with Gasteiger partial charge in [0.25, 0.3) is 17.7 Å². The fraction of sp³-hybridized carbons (Fsp3) is 0.647. The van der Waals surface area contributed by atoms with E-state index in [2.05, 4.69) is 16.2 Å². The van der Waals surface area contributed by atoms with Crippen LogP contribution in [0.5, 0.6) is 0 Å². The van der Waals surface area contributed by atoms with Crippen LogP contribution in [0, 0.1) is 5.92 Å². The largest absolute Gasteiger partial charge is 0.392 e. The molecule has 51 heavy (non-hydrogen) atoms. The van der Waals surface area contributed by atoms with Gasteiger partial charge in [-0.3, -0.25) is 44.0 Å². The Balaban J connectivity index is 1.84. The third-order valence-corrected chi connectivity index (χ3v) is 9.83. The van der Waals surface area contributed by atoms with Gasteiger partial charge >= 0.3 is 0 Å². The van der Waals surface area contributed by atoms with E-state index in [9.17, 15) is 44.2 Å². The predicted molar refractivity (Wildman–Crippen MR) is 182 cm³/mol. The summed E-state index contributed by atoms with van der Waals surface area (Å²) >= 11 is 0. The average Bonchev–Trinajstić information content (AvgIpc) is 3.09. The molecular formula is C34H52N8O9. The van der Waals surface area contributed by atoms with Crippen molar-refractivity contribution in [1.29, 1.82) is 0 Å². The van der Waals surface area contributed by atoms with Crippen molar-refractivity contribution >= 4 is 35.4 Å². The Morgan fingerprint density at radius 3 is 2.18 bits per heavy atom. The summed E-state index contributed by atoms with van der Waals surface area (Å²) in [5.74, 6) is -5.42. The van der Waals surface area contributed by atoms with Crippen LogP contribution in [-0.2, 0) is 35.2 Å². The van der Waals surface area contributed by atoms with Gasteiger partial charge in [0.2, 0.25) is 17.7 Å². The van der Waals surface area contributed by atoms with Crippen molar-refractivity contribution in [2.45, 2.75) is 102 Å². The van der Waals surface area contributed by atoms with Crippen LogP contribution in [0.3, 0.4) is 0 Å². The van der Waals surface area contributed by atoms with Crippen LogP contribution in [0.4, 0.5) is 0 Å². The number of carbonyl (C=O) groups excluding carboxylic acids is 6. The molecule has 0 saturated carbocycles. The molecule has 3 saturated heterocycles. The Morgan fingerprint density at radius 1 is 0.902 bits per heavy atom. The number of hydrogen-bond donors (Lipinski definition) is 6. The zero-order valence-corrected chi connectivity index (χ0v) is 30.1. The van der Waals surface area contributed by atoms with E-state index >= 15 is 0 Å². The maximum atomic E-state index is 14.4. The van der Waals surface area contributed by atoms with E-state index in [0.717, 1.165) is 19.8 Å². The first-order chi connectivity index (χ1) is 24.0. The fourth-order valence-electron chi connectivity index (χ4n) is 6.93. The van der Waals surface area contributed by atoms with E-state index in [1.54, 1.807) is 44.2 Å². The highest BCUT2D eigenvalue weighted by molar-refractivity contribution is 5.97. The van der Waals surface area contributed by atoms with Crippen molar-refractivity contribution in [2.75, 3.05) is 33.7 Å². The van der Waals surface area contributed by atoms with Gasteiger partial charge in [0.05, 0.1) is 18.2 Å². The molecule has 3 aliphatic rings. The molecule has 6 amide bonds. The lowest BCUT2D eigenvalue weighted by Crippen LogP contribution is -2.70. The molecule has 6 N–H and O–H groups in total. The second-order valence-electron chi connectivity index (χ2n) is 14.3. The molecule has 1 aromatic rings. The first kappa shape index (κ1) is 39.6. The topological polar surface area (TPSA) is 215 Å². The zero-order chi connectivity index (χ0) is 37.8. The summed E-state index contributed by atoms with van der Waals surface area (Å²) in [4.78, 5) is 86.6. The molecule has 282 valence electrons. The van der Waals surface area contributed by atoms with E-state index in [4.69, 9.17) is 0 Å². The smallest absolute Gasteiger partial charge is 0.269 e. The lowest BCUT2D eigenvalue weighted by molar-refractivity contribution is -0.193. The molecule has 3 aliphatic heterocycles. The summed E-state index contributed by atoms with van der Waals surface area (Å²) < 4.78 is 0. The molecule has 0 bridgehead atoms. The standard InChI is InChI=1S/C34H52N8O9/c1-7-20(2)27-32(48)40-24(14-11-15-35-40)31(47)39(6)28(34(3,4)50)33(49)41-25(17-22(43)18-36-41)30(46)38(5)19-26(44)37-23(29(45)42(27)51)16-21-12-9-8-10-13-21/h8-10,12-13,20,22-25,27-28,35-36,43,50-51H,7,11,14-19H2,1-6H3,(H,37,44)/t20-,22+,23+,24+,25+,27-,28+/m0/s1. The molecule has 17 nitrogen and oxygen atoms in total. The highest BCUT2D eigenvalue weighted by Gasteiger charge is 2.50. The van der Waals surface area contributed by atoms with Gasteiger partial charge in [-0.2, -0.15) is 0 Å². The number of nitrogens with one attached hydrogen (secondary N) is 3. The van der Waals surface area contributed by atoms with Crippen LogP contribution in [0.1, 0.15) is 58.9 Å². The maximum Gasteiger partial charge on any atom is 0.269 e. The molecule has 4 rings (SSSR count). The van der Waals surface area contributed by atoms with Crippen molar-refractivity contribution < 1.29 is 44.2 Å². The second-order valence-corrected chi connectivity index (χ2v) is 14.3. The number of β-amino-alcohol motifs (C(OH)–C–C–N with tert-alkyl or cyclic N) is 1. The summed E-state index contributed by atoms with van der Waals surface area (Å²) in [6, 6.07) is 1.77. The Labute approximate surface area is 297 Å². The van der Waals surface area contributed by atoms with E-state index in [1.807, 2.05) is 0 Å². The number of aliphatic hydroxyl groups excluding tert-OH is 1. The maximum absolute atomic E-state index is 14.4. The third-order valence-electron chi connectivity index (χ3n) is 9.83. The van der Waals surface area contributed by atoms with Gasteiger partial charge in [0.15, 0.2) is 0 Å². The number of fused-ring (bicyclic) bond motifs is 2. The van der Waals surface area contributed by atoms with Crippen LogP contribution >= 0.6 is 0 Å². The van der Waals surface area contributed by atoms with Gasteiger partial charge in [-0.05, 0) is 38.2 Å². The molecule has 0 aliphatic carbocycles. The third kappa shape index (κ3) is 8.84. The van der Waals surface area contributed by atoms with Crippen LogP contribution in [-0.4, -0.2) is 151 Å². The molecule has 0 aromatic heterocycles. The Hall–Kier alpha value is -4.16. The van der Waals surface area contributed by atoms with Gasteiger partial charge in [0, 0.05) is 40.0 Å². The number of benzene rings is 1. The van der Waals surface area contributed by atoms with Crippen molar-refractivity contribution in [1.82, 2.24) is 41.0 Å². The van der Waals surface area contributed by atoms with E-state index in [-0.39, 0.29) is 25.8 Å². The predicted octanol–water partition coefficient (Wildman–Crippen LogP) is -1.62. The lowest BCUT2D eigenvalue weighted by Gasteiger charge is -2.46. The van der Waals surface area contributed by atoms with Crippen molar-refractivity contribution in [2.24, 2.45) is 5.92 Å². The van der Waals surface area contributed by atoms with Gasteiger partial charge in [0.1, 0.15) is 30.2 Å². The molecule has 0 spiro atoms. The number of likely N-dealkylation sites (N-methyl/N-ethyl adjacent to an activating group) is 2. The molecule has 17 heteroatoms. The summed E-state index contributed by atoms with van der Waals surface area (Å²) in [6.07, 6.45) is -0.338. The van der Waals surface area contributed by atoms with Crippen molar-refractivity contribution in [3.63, 3.8) is 0 Å². The molecule has 1 aromatic carbocycles. The van der Waals surface area contributed by atoms with E-state index in [1.165, 1.54) is 27.9 Å². The fourth-order valence-corrected chi connectivity index (χ4v) is 6.93. The van der Waals surface area contributed by atoms with Crippen LogP contribution < -0.4 is 16.2 Å². The molecule has 0 unspecified atom stereocenters. The Bertz CT molecular complexity index is 1460. The number of aliphatic hydroxyl groups is 2. The molecule has 3 fully saturated rings. The average molecular weight is 717 g/mol. The van der Waals surface area contributed by atoms with E-state index in [0.29, 0.717) is 30.0 Å². The van der Waals surface area contributed by atoms with Crippen molar-refractivity contribution in [3.8, 4) is 0 Å². The van der Waals surface area contributed by atoms with Gasteiger partial charge in [-0.25, -0.2) is 15.9 Å². The summed E-state index contributed by atoms with van der Waals surface area (Å²) in [5.41, 5.74) is 4.48. The number of rotatable bonds is 5. The minimum atomic E-state index is -1.86. The zero-order valence-electron chi connectivity index (χ0n) is 30.1. The van der Waals surface area contributed by atoms with E-state index < -0.39 is 89.8 Å². The van der Waals surface area contributed by atoms with Crippen LogP contribution in [0.25, 0.3) is 0 Å². The van der Waals surface area contributed by atoms with Gasteiger partial charge < -0.3 is 25.3 Å². The quantitative estimate of drug-likeness (QED) is 0.191. The van der Waals surface area contributed by atoms with Crippen LogP contribution in [0.15, 0.2) is 30.3 Å². The highest BCUT2D eigenvalue weighted by Crippen LogP contribution is 2.26. The second kappa shape index (κ2) is 16.5. The minimum Gasteiger partial charge on any atom is -0.392 e. The SMILES string of the molecule is CC[C@H](C)[C@H]1C(=O)N2NCCC[C@@H]2C(=O)N(C)[C@@H](C(C)(C)O)C(=O)N2NC[C@H](O)C[C@@H]2C(=O)N(C)CC(=O)N[C@H](Cc2ccccc2)C(=O)N1O. The van der Waals surface area contributed by atoms with Crippen LogP contribution in [0.2, 0.25) is 0 Å². The number of carbonyl (C=O) groups is 6. The molecule has 0 radical (unpaired) electrons. The number of amides is 6. The first-order valence-electron chi connectivity index (χ1n) is 17.4. The molecule has 7 atom stereocenters. The summed E-state index contributed by atoms with van der Waals surface area (Å²) in [5, 5.41) is 38.3. The van der Waals surface area contributed by atoms with Gasteiger partial charge in [-0.15, -0.1) is 0 Å². The normalized spacial score (nSPS) is 28.9.